The third kappa shape index (κ3) is 4.45. The Bertz CT molecular complexity index is 1120. The lowest BCUT2D eigenvalue weighted by atomic mass is 9.96. The number of aryl methyl sites for hydroxylation is 2. The van der Waals surface area contributed by atoms with E-state index in [2.05, 4.69) is 52.5 Å². The van der Waals surface area contributed by atoms with Gasteiger partial charge in [0, 0.05) is 41.9 Å². The molecule has 0 amide bonds. The third-order valence-electron chi connectivity index (χ3n) is 5.76. The Morgan fingerprint density at radius 1 is 1.00 bits per heavy atom. The lowest BCUT2D eigenvalue weighted by Crippen LogP contribution is -2.24. The number of pyridine rings is 2. The normalized spacial score (nSPS) is 10.8. The number of hydrogen-bond acceptors (Lipinski definition) is 4. The van der Waals surface area contributed by atoms with Crippen LogP contribution in [-0.4, -0.2) is 39.1 Å². The van der Waals surface area contributed by atoms with Gasteiger partial charge in [0.15, 0.2) is 0 Å². The minimum Gasteiger partial charge on any atom is -0.383 e. The molecular formula is C22H30Cl3N5. The Kier molecular flexibility index (Phi) is 9.63. The molecule has 1 aromatic carbocycles. The molecule has 0 saturated carbocycles. The number of rotatable bonds is 6. The number of halogens is 3. The first-order chi connectivity index (χ1) is 13.2. The molecule has 0 aliphatic rings. The van der Waals surface area contributed by atoms with Crippen molar-refractivity contribution in [2.75, 3.05) is 25.4 Å². The molecule has 8 heteroatoms. The van der Waals surface area contributed by atoms with Gasteiger partial charge in [0.05, 0.1) is 10.9 Å². The highest BCUT2D eigenvalue weighted by atomic mass is 35.5. The number of fused-ring (bicyclic) bond motifs is 4. The Hall–Kier alpha value is -1.79. The van der Waals surface area contributed by atoms with E-state index in [-0.39, 0.29) is 37.2 Å². The molecule has 3 aromatic heterocycles. The van der Waals surface area contributed by atoms with Crippen LogP contribution in [0.3, 0.4) is 0 Å². The summed E-state index contributed by atoms with van der Waals surface area (Å²) in [6.07, 6.45) is 7.77. The molecule has 0 spiro atoms. The first-order valence-corrected chi connectivity index (χ1v) is 9.76. The maximum atomic E-state index is 6.32. The van der Waals surface area contributed by atoms with Gasteiger partial charge in [0.25, 0.3) is 0 Å². The zero-order valence-electron chi connectivity index (χ0n) is 17.6. The van der Waals surface area contributed by atoms with Crippen LogP contribution in [0.25, 0.3) is 32.6 Å². The van der Waals surface area contributed by atoms with Gasteiger partial charge in [-0.1, -0.05) is 13.8 Å². The predicted octanol–water partition coefficient (Wildman–Crippen LogP) is 5.40. The molecule has 0 radical (unpaired) electrons. The Balaban J connectivity index is 0.00000150. The summed E-state index contributed by atoms with van der Waals surface area (Å²) >= 11 is 0. The van der Waals surface area contributed by atoms with E-state index in [1.165, 1.54) is 27.2 Å². The van der Waals surface area contributed by atoms with E-state index in [1.807, 2.05) is 18.5 Å². The fraction of sp³-hybridized carbons (Fsp3) is 0.364. The van der Waals surface area contributed by atoms with E-state index in [4.69, 9.17) is 5.73 Å². The van der Waals surface area contributed by atoms with Crippen LogP contribution in [0.4, 0.5) is 5.82 Å². The van der Waals surface area contributed by atoms with Crippen LogP contribution >= 0.6 is 37.2 Å². The lowest BCUT2D eigenvalue weighted by molar-refractivity contribution is 0.300. The van der Waals surface area contributed by atoms with Crippen LogP contribution in [0, 0.1) is 0 Å². The molecule has 2 N–H and O–H groups in total. The molecule has 5 nitrogen and oxygen atoms in total. The summed E-state index contributed by atoms with van der Waals surface area (Å²) in [7, 11) is 2.11. The Labute approximate surface area is 196 Å². The smallest absolute Gasteiger partial charge is 0.133 e. The third-order valence-corrected chi connectivity index (χ3v) is 5.76. The molecule has 0 unspecified atom stereocenters. The van der Waals surface area contributed by atoms with Crippen molar-refractivity contribution in [3.05, 3.63) is 42.4 Å². The largest absolute Gasteiger partial charge is 0.383 e. The molecule has 3 heterocycles. The van der Waals surface area contributed by atoms with Crippen LogP contribution in [0.2, 0.25) is 0 Å². The van der Waals surface area contributed by atoms with Crippen molar-refractivity contribution in [2.24, 2.45) is 7.05 Å². The van der Waals surface area contributed by atoms with Gasteiger partial charge in [0.2, 0.25) is 0 Å². The summed E-state index contributed by atoms with van der Waals surface area (Å²) in [5.74, 6) is 0.603. The van der Waals surface area contributed by atoms with Gasteiger partial charge in [0.1, 0.15) is 5.82 Å². The topological polar surface area (TPSA) is 60.0 Å². The van der Waals surface area contributed by atoms with E-state index >= 15 is 0 Å². The first-order valence-electron chi connectivity index (χ1n) is 9.76. The van der Waals surface area contributed by atoms with E-state index in [1.54, 1.807) is 6.20 Å². The van der Waals surface area contributed by atoms with Crippen molar-refractivity contribution in [3.63, 3.8) is 0 Å². The van der Waals surface area contributed by atoms with Crippen LogP contribution in [0.5, 0.6) is 0 Å². The number of anilines is 1. The summed E-state index contributed by atoms with van der Waals surface area (Å²) < 4.78 is 2.23. The van der Waals surface area contributed by atoms with Crippen LogP contribution in [-0.2, 0) is 13.5 Å². The number of nitrogen functional groups attached to an aromatic ring is 1. The molecule has 0 aliphatic carbocycles. The van der Waals surface area contributed by atoms with Crippen molar-refractivity contribution in [1.29, 1.82) is 0 Å². The fourth-order valence-electron chi connectivity index (χ4n) is 4.25. The molecule has 30 heavy (non-hydrogen) atoms. The number of benzene rings is 1. The second-order valence-electron chi connectivity index (χ2n) is 7.13. The Morgan fingerprint density at radius 3 is 2.43 bits per heavy atom. The maximum Gasteiger partial charge on any atom is 0.133 e. The van der Waals surface area contributed by atoms with Gasteiger partial charge < -0.3 is 15.2 Å². The Morgan fingerprint density at radius 2 is 1.73 bits per heavy atom. The number of nitrogens with two attached hydrogens (primary N) is 1. The molecule has 0 bridgehead atoms. The van der Waals surface area contributed by atoms with Gasteiger partial charge >= 0.3 is 0 Å². The molecule has 0 fully saturated rings. The second kappa shape index (κ2) is 11.0. The second-order valence-corrected chi connectivity index (χ2v) is 7.13. The zero-order valence-corrected chi connectivity index (χ0v) is 20.0. The lowest BCUT2D eigenvalue weighted by Gasteiger charge is -2.18. The fourth-order valence-corrected chi connectivity index (χ4v) is 4.25. The maximum absolute atomic E-state index is 6.32. The molecular weight excluding hydrogens is 441 g/mol. The summed E-state index contributed by atoms with van der Waals surface area (Å²) in [6, 6.07) is 6.40. The predicted molar refractivity (Wildman–Crippen MR) is 136 cm³/mol. The quantitative estimate of drug-likeness (QED) is 0.410. The van der Waals surface area contributed by atoms with Crippen molar-refractivity contribution in [1.82, 2.24) is 19.4 Å². The highest BCUT2D eigenvalue weighted by molar-refractivity contribution is 6.18. The average molecular weight is 471 g/mol. The summed E-state index contributed by atoms with van der Waals surface area (Å²) in [5.41, 5.74) is 10.0. The average Bonchev–Trinajstić information content (AvgIpc) is 2.98. The van der Waals surface area contributed by atoms with Crippen molar-refractivity contribution < 1.29 is 0 Å². The van der Waals surface area contributed by atoms with Gasteiger partial charge in [-0.25, -0.2) is 4.98 Å². The van der Waals surface area contributed by atoms with Gasteiger partial charge in [-0.05, 0) is 61.6 Å². The zero-order chi connectivity index (χ0) is 19.0. The van der Waals surface area contributed by atoms with E-state index in [9.17, 15) is 0 Å². The van der Waals surface area contributed by atoms with Crippen molar-refractivity contribution in [3.8, 4) is 0 Å². The SMILES string of the molecule is CCN(CC)CCCc1c2cnccc2cc2c1c1c(N)nccc1n2C.Cl.Cl.Cl. The molecule has 0 aliphatic heterocycles. The number of hydrogen-bond donors (Lipinski definition) is 1. The summed E-state index contributed by atoms with van der Waals surface area (Å²) in [4.78, 5) is 11.2. The molecule has 0 saturated heterocycles. The van der Waals surface area contributed by atoms with Gasteiger partial charge in [-0.2, -0.15) is 0 Å². The van der Waals surface area contributed by atoms with Crippen LogP contribution in [0.15, 0.2) is 36.8 Å². The first kappa shape index (κ1) is 26.2. The van der Waals surface area contributed by atoms with E-state index in [0.29, 0.717) is 5.82 Å². The van der Waals surface area contributed by atoms with Gasteiger partial charge in [-0.3, -0.25) is 4.98 Å². The minimum absolute atomic E-state index is 0. The standard InChI is InChI=1S/C22H27N5.3ClH/c1-4-27(5-2)12-6-7-16-17-14-24-10-8-15(17)13-19-20(16)21-18(26(19)3)9-11-25-22(21)23;;;/h8-11,13-14H,4-7,12H2,1-3H3,(H2,23,25);3*1H. The molecule has 164 valence electrons. The molecule has 0 atom stereocenters. The molecule has 4 aromatic rings. The van der Waals surface area contributed by atoms with Crippen LogP contribution < -0.4 is 5.73 Å². The van der Waals surface area contributed by atoms with Crippen molar-refractivity contribution >= 4 is 75.6 Å². The molecule has 4 rings (SSSR count). The van der Waals surface area contributed by atoms with Crippen molar-refractivity contribution in [2.45, 2.75) is 26.7 Å². The number of aromatic nitrogens is 3. The van der Waals surface area contributed by atoms with E-state index < -0.39 is 0 Å². The number of nitrogens with zero attached hydrogens (tertiary/aromatic N) is 4. The summed E-state index contributed by atoms with van der Waals surface area (Å²) in [5, 5.41) is 4.75. The van der Waals surface area contributed by atoms with Gasteiger partial charge in [-0.15, -0.1) is 37.2 Å². The monoisotopic (exact) mass is 469 g/mol. The summed E-state index contributed by atoms with van der Waals surface area (Å²) in [6.45, 7) is 7.73. The highest BCUT2D eigenvalue weighted by Crippen LogP contribution is 2.37. The van der Waals surface area contributed by atoms with Crippen LogP contribution in [0.1, 0.15) is 25.8 Å². The minimum atomic E-state index is 0. The van der Waals surface area contributed by atoms with E-state index in [0.717, 1.165) is 43.4 Å². The highest BCUT2D eigenvalue weighted by Gasteiger charge is 2.17.